The molecule has 0 heterocycles. The summed E-state index contributed by atoms with van der Waals surface area (Å²) in [5.41, 5.74) is 1.02. The summed E-state index contributed by atoms with van der Waals surface area (Å²) in [7, 11) is 1.64. The van der Waals surface area contributed by atoms with Crippen molar-refractivity contribution in [3.8, 4) is 11.8 Å². The van der Waals surface area contributed by atoms with Gasteiger partial charge in [0, 0.05) is 17.1 Å². The average Bonchev–Trinajstić information content (AvgIpc) is 2.30. The van der Waals surface area contributed by atoms with Gasteiger partial charge in [-0.25, -0.2) is 0 Å². The Bertz CT molecular complexity index is 401. The fourth-order valence-electron chi connectivity index (χ4n) is 1.74. The van der Waals surface area contributed by atoms with Crippen molar-refractivity contribution in [2.24, 2.45) is 0 Å². The molecule has 0 radical (unpaired) electrons. The molecule has 1 aromatic rings. The van der Waals surface area contributed by atoms with Crippen molar-refractivity contribution in [3.63, 3.8) is 0 Å². The molecule has 92 valence electrons. The SMILES string of the molecule is CCCN(CC#N)Cc1cc(Cl)ccc1OC. The van der Waals surface area contributed by atoms with E-state index in [-0.39, 0.29) is 0 Å². The van der Waals surface area contributed by atoms with Crippen LogP contribution in [0.1, 0.15) is 18.9 Å². The summed E-state index contributed by atoms with van der Waals surface area (Å²) in [5, 5.41) is 9.46. The first-order valence-electron chi connectivity index (χ1n) is 5.63. The Morgan fingerprint density at radius 1 is 1.47 bits per heavy atom. The molecule has 0 unspecified atom stereocenters. The van der Waals surface area contributed by atoms with Gasteiger partial charge in [0.15, 0.2) is 0 Å². The Balaban J connectivity index is 2.83. The monoisotopic (exact) mass is 252 g/mol. The number of halogens is 1. The van der Waals surface area contributed by atoms with E-state index >= 15 is 0 Å². The minimum Gasteiger partial charge on any atom is -0.496 e. The second-order valence-corrected chi connectivity index (χ2v) is 4.26. The molecule has 0 atom stereocenters. The molecular formula is C13H17ClN2O. The van der Waals surface area contributed by atoms with Gasteiger partial charge in [0.05, 0.1) is 19.7 Å². The van der Waals surface area contributed by atoms with E-state index in [9.17, 15) is 0 Å². The number of methoxy groups -OCH3 is 1. The summed E-state index contributed by atoms with van der Waals surface area (Å²) in [6, 6.07) is 7.73. The van der Waals surface area contributed by atoms with Crippen LogP contribution in [-0.4, -0.2) is 25.1 Å². The third-order valence-electron chi connectivity index (χ3n) is 2.47. The maximum absolute atomic E-state index is 8.77. The predicted octanol–water partition coefficient (Wildman–Crippen LogP) is 3.08. The number of nitriles is 1. The van der Waals surface area contributed by atoms with Gasteiger partial charge in [0.2, 0.25) is 0 Å². The number of nitrogens with zero attached hydrogens (tertiary/aromatic N) is 2. The van der Waals surface area contributed by atoms with Crippen LogP contribution in [0.15, 0.2) is 18.2 Å². The van der Waals surface area contributed by atoms with Crippen LogP contribution in [-0.2, 0) is 6.54 Å². The molecule has 0 spiro atoms. The van der Waals surface area contributed by atoms with Crippen LogP contribution in [0.2, 0.25) is 5.02 Å². The highest BCUT2D eigenvalue weighted by molar-refractivity contribution is 6.30. The Kier molecular flexibility index (Phi) is 5.82. The zero-order chi connectivity index (χ0) is 12.7. The third-order valence-corrected chi connectivity index (χ3v) is 2.71. The molecule has 3 nitrogen and oxygen atoms in total. The van der Waals surface area contributed by atoms with Crippen LogP contribution in [0.5, 0.6) is 5.75 Å². The van der Waals surface area contributed by atoms with E-state index in [0.717, 1.165) is 24.3 Å². The van der Waals surface area contributed by atoms with Crippen molar-refractivity contribution in [3.05, 3.63) is 28.8 Å². The number of ether oxygens (including phenoxy) is 1. The fourth-order valence-corrected chi connectivity index (χ4v) is 1.94. The van der Waals surface area contributed by atoms with Crippen molar-refractivity contribution >= 4 is 11.6 Å². The van der Waals surface area contributed by atoms with E-state index in [2.05, 4.69) is 17.9 Å². The summed E-state index contributed by atoms with van der Waals surface area (Å²) in [6.45, 7) is 4.09. The predicted molar refractivity (Wildman–Crippen MR) is 69.2 cm³/mol. The van der Waals surface area contributed by atoms with Crippen molar-refractivity contribution in [1.82, 2.24) is 4.90 Å². The molecule has 0 aliphatic rings. The lowest BCUT2D eigenvalue weighted by Gasteiger charge is -2.19. The lowest BCUT2D eigenvalue weighted by atomic mass is 10.2. The van der Waals surface area contributed by atoms with Gasteiger partial charge in [-0.2, -0.15) is 5.26 Å². The fraction of sp³-hybridized carbons (Fsp3) is 0.462. The summed E-state index contributed by atoms with van der Waals surface area (Å²) < 4.78 is 5.29. The van der Waals surface area contributed by atoms with Gasteiger partial charge in [0.25, 0.3) is 0 Å². The number of hydrogen-bond donors (Lipinski definition) is 0. The number of rotatable bonds is 6. The Morgan fingerprint density at radius 2 is 2.24 bits per heavy atom. The van der Waals surface area contributed by atoms with E-state index in [1.54, 1.807) is 13.2 Å². The van der Waals surface area contributed by atoms with Crippen molar-refractivity contribution in [2.45, 2.75) is 19.9 Å². The van der Waals surface area contributed by atoms with Gasteiger partial charge in [-0.1, -0.05) is 18.5 Å². The quantitative estimate of drug-likeness (QED) is 0.730. The topological polar surface area (TPSA) is 36.3 Å². The zero-order valence-electron chi connectivity index (χ0n) is 10.2. The van der Waals surface area contributed by atoms with Crippen LogP contribution in [0.25, 0.3) is 0 Å². The largest absolute Gasteiger partial charge is 0.496 e. The minimum absolute atomic E-state index is 0.420. The van der Waals surface area contributed by atoms with Gasteiger partial charge in [-0.15, -0.1) is 0 Å². The molecule has 4 heteroatoms. The van der Waals surface area contributed by atoms with Gasteiger partial charge in [-0.3, -0.25) is 4.90 Å². The van der Waals surface area contributed by atoms with Crippen LogP contribution in [0, 0.1) is 11.3 Å². The Hall–Kier alpha value is -1.24. The highest BCUT2D eigenvalue weighted by Crippen LogP contribution is 2.23. The van der Waals surface area contributed by atoms with Crippen LogP contribution in [0.4, 0.5) is 0 Å². The molecule has 0 N–H and O–H groups in total. The zero-order valence-corrected chi connectivity index (χ0v) is 11.0. The molecule has 0 bridgehead atoms. The Labute approximate surface area is 108 Å². The summed E-state index contributed by atoms with van der Waals surface area (Å²) in [5.74, 6) is 0.813. The molecular weight excluding hydrogens is 236 g/mol. The molecule has 17 heavy (non-hydrogen) atoms. The third kappa shape index (κ3) is 4.26. The molecule has 0 amide bonds. The molecule has 0 fully saturated rings. The number of hydrogen-bond acceptors (Lipinski definition) is 3. The first-order valence-corrected chi connectivity index (χ1v) is 6.00. The molecule has 0 aliphatic heterocycles. The average molecular weight is 253 g/mol. The van der Waals surface area contributed by atoms with Gasteiger partial charge in [-0.05, 0) is 31.2 Å². The lowest BCUT2D eigenvalue weighted by Crippen LogP contribution is -2.24. The second kappa shape index (κ2) is 7.16. The van der Waals surface area contributed by atoms with Crippen molar-refractivity contribution in [2.75, 3.05) is 20.2 Å². The van der Waals surface area contributed by atoms with E-state index < -0.39 is 0 Å². The van der Waals surface area contributed by atoms with E-state index in [1.807, 2.05) is 12.1 Å². The lowest BCUT2D eigenvalue weighted by molar-refractivity contribution is 0.291. The molecule has 0 aromatic heterocycles. The maximum Gasteiger partial charge on any atom is 0.123 e. The Morgan fingerprint density at radius 3 is 2.82 bits per heavy atom. The highest BCUT2D eigenvalue weighted by atomic mass is 35.5. The summed E-state index contributed by atoms with van der Waals surface area (Å²) in [6.07, 6.45) is 1.02. The first-order chi connectivity index (χ1) is 8.21. The normalized spacial score (nSPS) is 10.3. The second-order valence-electron chi connectivity index (χ2n) is 3.82. The molecule has 0 saturated heterocycles. The summed E-state index contributed by atoms with van der Waals surface area (Å²) >= 11 is 5.97. The summed E-state index contributed by atoms with van der Waals surface area (Å²) in [4.78, 5) is 2.08. The van der Waals surface area contributed by atoms with Crippen LogP contribution < -0.4 is 4.74 Å². The standard InChI is InChI=1S/C13H17ClN2O/c1-3-7-16(8-6-15)10-11-9-12(14)4-5-13(11)17-2/h4-5,9H,3,7-8,10H2,1-2H3. The van der Waals surface area contributed by atoms with E-state index in [0.29, 0.717) is 18.1 Å². The van der Waals surface area contributed by atoms with Crippen LogP contribution >= 0.6 is 11.6 Å². The van der Waals surface area contributed by atoms with Gasteiger partial charge >= 0.3 is 0 Å². The van der Waals surface area contributed by atoms with E-state index in [1.165, 1.54) is 0 Å². The van der Waals surface area contributed by atoms with Crippen molar-refractivity contribution < 1.29 is 4.74 Å². The first kappa shape index (κ1) is 13.8. The van der Waals surface area contributed by atoms with Crippen LogP contribution in [0.3, 0.4) is 0 Å². The molecule has 1 rings (SSSR count). The highest BCUT2D eigenvalue weighted by Gasteiger charge is 2.09. The number of benzene rings is 1. The van der Waals surface area contributed by atoms with E-state index in [4.69, 9.17) is 21.6 Å². The van der Waals surface area contributed by atoms with Crippen molar-refractivity contribution in [1.29, 1.82) is 5.26 Å². The smallest absolute Gasteiger partial charge is 0.123 e. The maximum atomic E-state index is 8.77. The molecule has 0 aliphatic carbocycles. The molecule has 0 saturated carbocycles. The van der Waals surface area contributed by atoms with Gasteiger partial charge < -0.3 is 4.74 Å². The minimum atomic E-state index is 0.420. The van der Waals surface area contributed by atoms with Gasteiger partial charge in [0.1, 0.15) is 5.75 Å². The molecule has 1 aromatic carbocycles.